The van der Waals surface area contributed by atoms with Crippen LogP contribution in [0.2, 0.25) is 0 Å². The van der Waals surface area contributed by atoms with Crippen LogP contribution in [0.5, 0.6) is 0 Å². The Kier molecular flexibility index (Phi) is 4.78. The van der Waals surface area contributed by atoms with Crippen molar-refractivity contribution in [3.05, 3.63) is 29.1 Å². The third-order valence-corrected chi connectivity index (χ3v) is 6.73. The molecule has 0 saturated heterocycles. The summed E-state index contributed by atoms with van der Waals surface area (Å²) in [6, 6.07) is 1.87. The van der Waals surface area contributed by atoms with Gasteiger partial charge in [0, 0.05) is 25.8 Å². The third kappa shape index (κ3) is 3.58. The van der Waals surface area contributed by atoms with E-state index < -0.39 is 5.91 Å². The molecule has 0 radical (unpaired) electrons. The topological polar surface area (TPSA) is 65.5 Å². The first-order valence-electron chi connectivity index (χ1n) is 9.82. The summed E-state index contributed by atoms with van der Waals surface area (Å²) in [5, 5.41) is 8.76. The van der Waals surface area contributed by atoms with E-state index in [1.165, 1.54) is 57.9 Å². The van der Waals surface area contributed by atoms with Crippen LogP contribution >= 0.6 is 0 Å². The monoisotopic (exact) mass is 343 g/mol. The minimum atomic E-state index is -0.485. The first kappa shape index (κ1) is 17.0. The Bertz CT molecular complexity index is 640. The smallest absolute Gasteiger partial charge is 0.276 e. The van der Waals surface area contributed by atoms with Gasteiger partial charge in [-0.1, -0.05) is 19.3 Å². The van der Waals surface area contributed by atoms with Crippen LogP contribution in [0.3, 0.4) is 0 Å². The van der Waals surface area contributed by atoms with Crippen molar-refractivity contribution in [1.82, 2.24) is 15.4 Å². The maximum absolute atomic E-state index is 11.5. The Labute approximate surface area is 149 Å². The van der Waals surface area contributed by atoms with Crippen molar-refractivity contribution in [2.45, 2.75) is 64.3 Å². The number of hydroxylamine groups is 1. The van der Waals surface area contributed by atoms with Gasteiger partial charge in [-0.05, 0) is 61.5 Å². The number of hydrogen-bond donors (Lipinski definition) is 2. The van der Waals surface area contributed by atoms with Gasteiger partial charge in [-0.25, -0.2) is 5.48 Å². The van der Waals surface area contributed by atoms with Crippen molar-refractivity contribution in [1.29, 1.82) is 0 Å². The average Bonchev–Trinajstić information content (AvgIpc) is 3.03. The van der Waals surface area contributed by atoms with Crippen molar-refractivity contribution in [2.24, 2.45) is 11.3 Å². The molecule has 25 heavy (non-hydrogen) atoms. The van der Waals surface area contributed by atoms with Crippen LogP contribution in [0.15, 0.2) is 12.3 Å². The van der Waals surface area contributed by atoms with Crippen molar-refractivity contribution < 1.29 is 10.0 Å². The van der Waals surface area contributed by atoms with E-state index in [4.69, 9.17) is 5.21 Å². The van der Waals surface area contributed by atoms with Crippen molar-refractivity contribution >= 4 is 5.91 Å². The quantitative estimate of drug-likeness (QED) is 0.653. The molecule has 2 fully saturated rings. The number of amides is 1. The van der Waals surface area contributed by atoms with Crippen molar-refractivity contribution in [3.8, 4) is 0 Å². The van der Waals surface area contributed by atoms with Gasteiger partial charge in [0.15, 0.2) is 0 Å². The molecule has 0 aromatic carbocycles. The zero-order valence-corrected chi connectivity index (χ0v) is 15.0. The largest absolute Gasteiger partial charge is 0.297 e. The second-order valence-corrected chi connectivity index (χ2v) is 8.43. The van der Waals surface area contributed by atoms with E-state index in [0.717, 1.165) is 36.7 Å². The third-order valence-electron chi connectivity index (χ3n) is 6.73. The molecule has 1 atom stereocenters. The zero-order valence-electron chi connectivity index (χ0n) is 15.0. The van der Waals surface area contributed by atoms with E-state index in [1.807, 2.05) is 6.07 Å². The number of nitrogens with one attached hydrogen (secondary N) is 1. The number of carbonyl (C=O) groups excluding carboxylic acids is 1. The normalized spacial score (nSPS) is 25.7. The molecule has 1 amide bonds. The summed E-state index contributed by atoms with van der Waals surface area (Å²) in [5.74, 6) is 0.362. The fraction of sp³-hybridized carbons (Fsp3) is 0.700. The minimum absolute atomic E-state index is 0.435. The number of hydrogen-bond acceptors (Lipinski definition) is 4. The molecular formula is C20H29N3O2. The van der Waals surface area contributed by atoms with Gasteiger partial charge >= 0.3 is 0 Å². The Hall–Kier alpha value is -1.46. The van der Waals surface area contributed by atoms with Crippen molar-refractivity contribution in [3.63, 3.8) is 0 Å². The van der Waals surface area contributed by atoms with Crippen molar-refractivity contribution in [2.75, 3.05) is 13.1 Å². The predicted octanol–water partition coefficient (Wildman–Crippen LogP) is 3.31. The van der Waals surface area contributed by atoms with Gasteiger partial charge in [0.25, 0.3) is 5.91 Å². The lowest BCUT2D eigenvalue weighted by Crippen LogP contribution is -2.35. The van der Waals surface area contributed by atoms with Gasteiger partial charge in [-0.2, -0.15) is 0 Å². The number of carbonyl (C=O) groups is 1. The van der Waals surface area contributed by atoms with Crippen LogP contribution in [-0.2, 0) is 13.0 Å². The predicted molar refractivity (Wildman–Crippen MR) is 95.3 cm³/mol. The molecule has 2 heterocycles. The summed E-state index contributed by atoms with van der Waals surface area (Å²) >= 11 is 0. The number of nitrogens with zero attached hydrogens (tertiary/aromatic N) is 2. The summed E-state index contributed by atoms with van der Waals surface area (Å²) in [4.78, 5) is 18.6. The molecule has 1 spiro atoms. The van der Waals surface area contributed by atoms with E-state index in [9.17, 15) is 4.79 Å². The van der Waals surface area contributed by atoms with Gasteiger partial charge in [-0.3, -0.25) is 19.9 Å². The lowest BCUT2D eigenvalue weighted by molar-refractivity contribution is 0.0705. The zero-order chi connectivity index (χ0) is 17.3. The van der Waals surface area contributed by atoms with E-state index in [0.29, 0.717) is 11.0 Å². The summed E-state index contributed by atoms with van der Waals surface area (Å²) in [6.45, 7) is 3.13. The molecule has 0 bridgehead atoms. The molecule has 3 aliphatic rings. The van der Waals surface area contributed by atoms with Gasteiger partial charge in [-0.15, -0.1) is 0 Å². The Morgan fingerprint density at radius 3 is 2.96 bits per heavy atom. The highest BCUT2D eigenvalue weighted by Gasteiger charge is 2.40. The molecule has 4 rings (SSSR count). The van der Waals surface area contributed by atoms with Gasteiger partial charge < -0.3 is 0 Å². The fourth-order valence-electron chi connectivity index (χ4n) is 5.42. The van der Waals surface area contributed by atoms with Gasteiger partial charge in [0.1, 0.15) is 0 Å². The van der Waals surface area contributed by atoms with E-state index in [1.54, 1.807) is 11.7 Å². The molecule has 2 saturated carbocycles. The molecule has 136 valence electrons. The lowest BCUT2D eigenvalue weighted by Gasteiger charge is -2.34. The van der Waals surface area contributed by atoms with Crippen LogP contribution in [0.25, 0.3) is 0 Å². The highest BCUT2D eigenvalue weighted by atomic mass is 16.5. The van der Waals surface area contributed by atoms with Gasteiger partial charge in [0.05, 0.1) is 11.3 Å². The second kappa shape index (κ2) is 7.04. The molecule has 1 aromatic heterocycles. The number of pyridine rings is 1. The molecule has 0 unspecified atom stereocenters. The second-order valence-electron chi connectivity index (χ2n) is 8.43. The van der Waals surface area contributed by atoms with Gasteiger partial charge in [0.2, 0.25) is 0 Å². The van der Waals surface area contributed by atoms with Crippen LogP contribution in [0.1, 0.15) is 73.0 Å². The Balaban J connectivity index is 1.36. The highest BCUT2D eigenvalue weighted by molar-refractivity contribution is 5.93. The lowest BCUT2D eigenvalue weighted by atomic mass is 9.72. The Morgan fingerprint density at radius 1 is 1.32 bits per heavy atom. The first-order chi connectivity index (χ1) is 12.2. The fourth-order valence-corrected chi connectivity index (χ4v) is 5.42. The molecule has 5 nitrogen and oxygen atoms in total. The molecule has 1 aromatic rings. The summed E-state index contributed by atoms with van der Waals surface area (Å²) < 4.78 is 0. The van der Waals surface area contributed by atoms with E-state index >= 15 is 0 Å². The van der Waals surface area contributed by atoms with Crippen LogP contribution in [0, 0.1) is 11.3 Å². The first-order valence-corrected chi connectivity index (χ1v) is 9.82. The molecule has 2 aliphatic carbocycles. The Morgan fingerprint density at radius 2 is 2.16 bits per heavy atom. The molecular weight excluding hydrogens is 314 g/mol. The molecule has 2 N–H and O–H groups in total. The van der Waals surface area contributed by atoms with Crippen LogP contribution in [-0.4, -0.2) is 34.1 Å². The van der Waals surface area contributed by atoms with Crippen LogP contribution < -0.4 is 5.48 Å². The average molecular weight is 343 g/mol. The highest BCUT2D eigenvalue weighted by Crippen LogP contribution is 2.51. The SMILES string of the molecule is O=C(NO)c1cnc2c(c1)CCN(C[C@H]1CCC3(CCCCC3)C1)C2. The maximum atomic E-state index is 11.5. The van der Waals surface area contributed by atoms with E-state index in [2.05, 4.69) is 9.88 Å². The van der Waals surface area contributed by atoms with Crippen LogP contribution in [0.4, 0.5) is 0 Å². The molecule has 5 heteroatoms. The van der Waals surface area contributed by atoms with E-state index in [-0.39, 0.29) is 0 Å². The summed E-state index contributed by atoms with van der Waals surface area (Å²) in [6.07, 6.45) is 14.0. The standard InChI is InChI=1S/C20H29N3O2/c24-19(22-25)17-10-16-5-9-23(14-18(16)21-12-17)13-15-4-8-20(11-15)6-2-1-3-7-20/h10,12,15,25H,1-9,11,13-14H2,(H,22,24)/t15-/m0/s1. The number of rotatable bonds is 3. The summed E-state index contributed by atoms with van der Waals surface area (Å²) in [5.41, 5.74) is 5.04. The number of fused-ring (bicyclic) bond motifs is 1. The number of aromatic nitrogens is 1. The minimum Gasteiger partial charge on any atom is -0.297 e. The molecule has 1 aliphatic heterocycles. The maximum Gasteiger partial charge on any atom is 0.276 e. The summed E-state index contributed by atoms with van der Waals surface area (Å²) in [7, 11) is 0.